The van der Waals surface area contributed by atoms with Gasteiger partial charge in [-0.05, 0) is 36.4 Å². The van der Waals surface area contributed by atoms with Gasteiger partial charge in [-0.1, -0.05) is 18.2 Å². The van der Waals surface area contributed by atoms with Crippen LogP contribution in [0.4, 0.5) is 0 Å². The van der Waals surface area contributed by atoms with E-state index >= 15 is 0 Å². The fourth-order valence-electron chi connectivity index (χ4n) is 3.17. The second-order valence-electron chi connectivity index (χ2n) is 7.41. The zero-order valence-electron chi connectivity index (χ0n) is 19.0. The van der Waals surface area contributed by atoms with Gasteiger partial charge in [0.25, 0.3) is 11.8 Å². The van der Waals surface area contributed by atoms with Crippen molar-refractivity contribution in [2.24, 2.45) is 0 Å². The van der Waals surface area contributed by atoms with E-state index in [1.165, 1.54) is 33.5 Å². The van der Waals surface area contributed by atoms with E-state index in [1.807, 2.05) is 0 Å². The molecule has 3 N–H and O–H groups in total. The molecule has 0 spiro atoms. The molecular formula is C23H26N4O6S. The zero-order valence-corrected chi connectivity index (χ0v) is 19.8. The summed E-state index contributed by atoms with van der Waals surface area (Å²) in [6.07, 6.45) is 2.79. The van der Waals surface area contributed by atoms with E-state index in [4.69, 9.17) is 9.84 Å². The van der Waals surface area contributed by atoms with E-state index in [-0.39, 0.29) is 18.8 Å². The number of aliphatic hydroxyl groups excluding tert-OH is 1. The smallest absolute Gasteiger partial charge is 0.307 e. The number of aromatic nitrogens is 1. The number of aliphatic hydroxyl groups is 1. The second kappa shape index (κ2) is 10.5. The lowest BCUT2D eigenvalue weighted by Gasteiger charge is -2.13. The molecule has 0 bridgehead atoms. The van der Waals surface area contributed by atoms with Crippen LogP contribution in [-0.4, -0.2) is 68.0 Å². The lowest BCUT2D eigenvalue weighted by Crippen LogP contribution is -2.36. The summed E-state index contributed by atoms with van der Waals surface area (Å²) < 4.78 is 32.9. The SMILES string of the molecule is COc1ccc(C(=O)NC(=Cc2cn(S(=O)(=O)N(C)C)c3ccccc23)C(=O)NCCO)cc1. The monoisotopic (exact) mass is 486 g/mol. The van der Waals surface area contributed by atoms with Crippen LogP contribution in [0.2, 0.25) is 0 Å². The van der Waals surface area contributed by atoms with Crippen molar-refractivity contribution in [1.82, 2.24) is 18.9 Å². The zero-order chi connectivity index (χ0) is 24.9. The van der Waals surface area contributed by atoms with E-state index in [2.05, 4.69) is 10.6 Å². The number of rotatable bonds is 9. The molecule has 180 valence electrons. The molecule has 10 nitrogen and oxygen atoms in total. The Morgan fingerprint density at radius 2 is 1.79 bits per heavy atom. The van der Waals surface area contributed by atoms with Gasteiger partial charge in [-0.25, -0.2) is 3.97 Å². The third kappa shape index (κ3) is 5.28. The van der Waals surface area contributed by atoms with Gasteiger partial charge in [0.15, 0.2) is 0 Å². The highest BCUT2D eigenvalue weighted by Crippen LogP contribution is 2.25. The predicted octanol–water partition coefficient (Wildman–Crippen LogP) is 1.18. The fourth-order valence-corrected chi connectivity index (χ4v) is 4.18. The van der Waals surface area contributed by atoms with Crippen molar-refractivity contribution in [3.05, 3.63) is 71.6 Å². The molecule has 2 amide bonds. The molecule has 1 heterocycles. The van der Waals surface area contributed by atoms with Crippen LogP contribution in [0.15, 0.2) is 60.4 Å². The maximum absolute atomic E-state index is 12.8. The summed E-state index contributed by atoms with van der Waals surface area (Å²) >= 11 is 0. The number of benzene rings is 2. The van der Waals surface area contributed by atoms with Crippen molar-refractivity contribution in [2.45, 2.75) is 0 Å². The summed E-state index contributed by atoms with van der Waals surface area (Å²) in [6.45, 7) is -0.308. The standard InChI is InChI=1S/C23H26N4O6S/c1-26(2)34(31,32)27-15-17(19-6-4-5-7-21(19)27)14-20(23(30)24-12-13-28)25-22(29)16-8-10-18(33-3)11-9-16/h4-11,14-15,28H,12-13H2,1-3H3,(H,24,30)(H,25,29). The molecular weight excluding hydrogens is 460 g/mol. The van der Waals surface area contributed by atoms with Crippen LogP contribution in [0.3, 0.4) is 0 Å². The summed E-state index contributed by atoms with van der Waals surface area (Å²) in [7, 11) is 0.509. The molecule has 0 fully saturated rings. The van der Waals surface area contributed by atoms with Gasteiger partial charge in [0.1, 0.15) is 11.4 Å². The molecule has 0 aliphatic heterocycles. The highest BCUT2D eigenvalue weighted by Gasteiger charge is 2.22. The predicted molar refractivity (Wildman–Crippen MR) is 128 cm³/mol. The normalized spacial score (nSPS) is 12.1. The number of nitrogens with zero attached hydrogens (tertiary/aromatic N) is 2. The summed E-state index contributed by atoms with van der Waals surface area (Å²) in [5.41, 5.74) is 1.00. The lowest BCUT2D eigenvalue weighted by molar-refractivity contribution is -0.117. The van der Waals surface area contributed by atoms with Crippen molar-refractivity contribution in [2.75, 3.05) is 34.4 Å². The van der Waals surface area contributed by atoms with Gasteiger partial charge in [0, 0.05) is 43.4 Å². The van der Waals surface area contributed by atoms with Crippen molar-refractivity contribution < 1.29 is 27.9 Å². The molecule has 0 saturated carbocycles. The number of fused-ring (bicyclic) bond motifs is 1. The third-order valence-corrected chi connectivity index (χ3v) is 6.68. The number of carbonyl (C=O) groups excluding carboxylic acids is 2. The van der Waals surface area contributed by atoms with Crippen LogP contribution in [0.1, 0.15) is 15.9 Å². The molecule has 0 aliphatic carbocycles. The van der Waals surface area contributed by atoms with Crippen LogP contribution in [0.5, 0.6) is 5.75 Å². The Hall–Kier alpha value is -3.67. The Bertz CT molecular complexity index is 1330. The maximum Gasteiger partial charge on any atom is 0.307 e. The Morgan fingerprint density at radius 3 is 2.41 bits per heavy atom. The number of nitrogens with one attached hydrogen (secondary N) is 2. The van der Waals surface area contributed by atoms with Gasteiger partial charge >= 0.3 is 10.2 Å². The first kappa shape index (κ1) is 25.0. The maximum atomic E-state index is 12.8. The van der Waals surface area contributed by atoms with Gasteiger partial charge in [0.2, 0.25) is 0 Å². The van der Waals surface area contributed by atoms with Gasteiger partial charge in [-0.15, -0.1) is 0 Å². The molecule has 2 aromatic carbocycles. The molecule has 0 radical (unpaired) electrons. The quantitative estimate of drug-likeness (QED) is 0.390. The number of hydrogen-bond acceptors (Lipinski definition) is 6. The second-order valence-corrected chi connectivity index (χ2v) is 9.43. The van der Waals surface area contributed by atoms with Crippen LogP contribution < -0.4 is 15.4 Å². The average molecular weight is 487 g/mol. The van der Waals surface area contributed by atoms with E-state index in [9.17, 15) is 18.0 Å². The summed E-state index contributed by atoms with van der Waals surface area (Å²) in [6, 6.07) is 13.1. The van der Waals surface area contributed by atoms with Crippen LogP contribution in [0, 0.1) is 0 Å². The number of para-hydroxylation sites is 1. The van der Waals surface area contributed by atoms with Crippen LogP contribution in [0.25, 0.3) is 17.0 Å². The minimum Gasteiger partial charge on any atom is -0.497 e. The molecule has 0 saturated heterocycles. The molecule has 11 heteroatoms. The average Bonchev–Trinajstić information content (AvgIpc) is 3.21. The minimum absolute atomic E-state index is 0.0225. The molecule has 3 rings (SSSR count). The fraction of sp³-hybridized carbons (Fsp3) is 0.217. The van der Waals surface area contributed by atoms with Crippen molar-refractivity contribution in [3.63, 3.8) is 0 Å². The molecule has 34 heavy (non-hydrogen) atoms. The third-order valence-electron chi connectivity index (χ3n) is 4.96. The topological polar surface area (TPSA) is 130 Å². The molecule has 0 unspecified atom stereocenters. The Kier molecular flexibility index (Phi) is 7.72. The molecule has 0 aliphatic rings. The van der Waals surface area contributed by atoms with Crippen molar-refractivity contribution >= 4 is 39.0 Å². The largest absolute Gasteiger partial charge is 0.497 e. The molecule has 1 aromatic heterocycles. The van der Waals surface area contributed by atoms with E-state index < -0.39 is 22.0 Å². The lowest BCUT2D eigenvalue weighted by atomic mass is 10.1. The highest BCUT2D eigenvalue weighted by atomic mass is 32.2. The summed E-state index contributed by atoms with van der Waals surface area (Å²) in [5.74, 6) is -0.608. The number of methoxy groups -OCH3 is 1. The highest BCUT2D eigenvalue weighted by molar-refractivity contribution is 7.87. The number of ether oxygens (including phenoxy) is 1. The summed E-state index contributed by atoms with van der Waals surface area (Å²) in [5, 5.41) is 14.7. The molecule has 3 aromatic rings. The van der Waals surface area contributed by atoms with Crippen LogP contribution in [-0.2, 0) is 15.0 Å². The minimum atomic E-state index is -3.84. The van der Waals surface area contributed by atoms with Gasteiger partial charge in [-0.3, -0.25) is 9.59 Å². The van der Waals surface area contributed by atoms with Crippen molar-refractivity contribution in [3.8, 4) is 5.75 Å². The van der Waals surface area contributed by atoms with Gasteiger partial charge < -0.3 is 20.5 Å². The van der Waals surface area contributed by atoms with E-state index in [0.29, 0.717) is 27.8 Å². The first-order valence-electron chi connectivity index (χ1n) is 10.3. The van der Waals surface area contributed by atoms with Gasteiger partial charge in [-0.2, -0.15) is 12.7 Å². The first-order valence-corrected chi connectivity index (χ1v) is 11.7. The Balaban J connectivity index is 2.07. The summed E-state index contributed by atoms with van der Waals surface area (Å²) in [4.78, 5) is 25.6. The number of hydrogen-bond donors (Lipinski definition) is 3. The Labute approximate surface area is 197 Å². The first-order chi connectivity index (χ1) is 16.2. The number of amides is 2. The van der Waals surface area contributed by atoms with Crippen molar-refractivity contribution in [1.29, 1.82) is 0 Å². The van der Waals surface area contributed by atoms with E-state index in [1.54, 1.807) is 48.5 Å². The van der Waals surface area contributed by atoms with Gasteiger partial charge in [0.05, 0.1) is 19.2 Å². The molecule has 0 atom stereocenters. The van der Waals surface area contributed by atoms with E-state index in [0.717, 1.165) is 8.28 Å². The number of carbonyl (C=O) groups is 2. The van der Waals surface area contributed by atoms with Crippen LogP contribution >= 0.6 is 0 Å². The Morgan fingerprint density at radius 1 is 1.12 bits per heavy atom.